The number of hydrogen-bond donors (Lipinski definition) is 1. The van der Waals surface area contributed by atoms with Crippen molar-refractivity contribution in [2.45, 2.75) is 53.5 Å². The molecule has 0 spiro atoms. The highest BCUT2D eigenvalue weighted by Crippen LogP contribution is 2.33. The average Bonchev–Trinajstić information content (AvgIpc) is 3.36. The molecule has 0 radical (unpaired) electrons. The first kappa shape index (κ1) is 20.3. The minimum absolute atomic E-state index is 0.00541. The summed E-state index contributed by atoms with van der Waals surface area (Å²) < 4.78 is 0. The van der Waals surface area contributed by atoms with E-state index in [1.165, 1.54) is 12.8 Å². The molecule has 1 aromatic carbocycles. The lowest BCUT2D eigenvalue weighted by atomic mass is 9.94. The second-order valence-corrected chi connectivity index (χ2v) is 8.52. The third-order valence-electron chi connectivity index (χ3n) is 4.63. The lowest BCUT2D eigenvalue weighted by Crippen LogP contribution is -2.40. The zero-order valence-electron chi connectivity index (χ0n) is 17.1. The van der Waals surface area contributed by atoms with Gasteiger partial charge in [0.25, 0.3) is 0 Å². The molecule has 2 amide bonds. The molecule has 1 aromatic rings. The largest absolute Gasteiger partial charge is 0.377 e. The molecule has 1 N–H and O–H groups in total. The Morgan fingerprint density at radius 3 is 2.35 bits per heavy atom. The molecule has 0 saturated heterocycles. The number of nitrogens with zero attached hydrogens (tertiary/aromatic N) is 2. The van der Waals surface area contributed by atoms with E-state index >= 15 is 0 Å². The summed E-state index contributed by atoms with van der Waals surface area (Å²) in [6, 6.07) is 5.93. The second kappa shape index (κ2) is 8.11. The Balaban J connectivity index is 2.30. The first-order chi connectivity index (χ1) is 12.1. The highest BCUT2D eigenvalue weighted by atomic mass is 16.2. The number of amides is 2. The molecule has 5 heteroatoms. The molecule has 1 saturated carbocycles. The van der Waals surface area contributed by atoms with E-state index < -0.39 is 5.41 Å². The number of hydrogen-bond acceptors (Lipinski definition) is 3. The summed E-state index contributed by atoms with van der Waals surface area (Å²) in [5.74, 6) is 0.804. The molecule has 1 fully saturated rings. The maximum absolute atomic E-state index is 13.0. The van der Waals surface area contributed by atoms with Crippen molar-refractivity contribution < 1.29 is 9.59 Å². The summed E-state index contributed by atoms with van der Waals surface area (Å²) in [7, 11) is 4.00. The van der Waals surface area contributed by atoms with Crippen molar-refractivity contribution in [3.05, 3.63) is 23.8 Å². The zero-order chi connectivity index (χ0) is 19.5. The van der Waals surface area contributed by atoms with Gasteiger partial charge in [0.2, 0.25) is 11.8 Å². The monoisotopic (exact) mass is 359 g/mol. The molecular weight excluding hydrogens is 326 g/mol. The predicted molar refractivity (Wildman–Crippen MR) is 107 cm³/mol. The molecule has 144 valence electrons. The van der Waals surface area contributed by atoms with Crippen molar-refractivity contribution in [1.82, 2.24) is 4.90 Å². The van der Waals surface area contributed by atoms with Gasteiger partial charge in [-0.1, -0.05) is 27.7 Å². The first-order valence-corrected chi connectivity index (χ1v) is 9.51. The van der Waals surface area contributed by atoms with Crippen LogP contribution in [0.4, 0.5) is 11.4 Å². The standard InChI is InChI=1S/C21H33N3O2/c1-7-19(25)22-17-10-11-18(23(5)6)16(12-17)14-24(13-15-8-9-15)20(26)21(2,3)4/h10-12,15H,7-9,13-14H2,1-6H3,(H,22,25). The van der Waals surface area contributed by atoms with E-state index in [1.54, 1.807) is 0 Å². The average molecular weight is 360 g/mol. The highest BCUT2D eigenvalue weighted by Gasteiger charge is 2.32. The van der Waals surface area contributed by atoms with E-state index in [4.69, 9.17) is 0 Å². The topological polar surface area (TPSA) is 52.7 Å². The van der Waals surface area contributed by atoms with Gasteiger partial charge in [-0.2, -0.15) is 0 Å². The molecule has 0 aromatic heterocycles. The van der Waals surface area contributed by atoms with Gasteiger partial charge in [-0.15, -0.1) is 0 Å². The number of benzene rings is 1. The summed E-state index contributed by atoms with van der Waals surface area (Å²) in [6.45, 7) is 9.13. The normalized spacial score (nSPS) is 14.1. The summed E-state index contributed by atoms with van der Waals surface area (Å²) in [6.07, 6.45) is 2.86. The van der Waals surface area contributed by atoms with Crippen LogP contribution in [0.3, 0.4) is 0 Å². The van der Waals surface area contributed by atoms with Crippen LogP contribution in [0.15, 0.2) is 18.2 Å². The zero-order valence-corrected chi connectivity index (χ0v) is 17.1. The van der Waals surface area contributed by atoms with Crippen LogP contribution in [-0.2, 0) is 16.1 Å². The smallest absolute Gasteiger partial charge is 0.228 e. The third kappa shape index (κ3) is 5.48. The Hall–Kier alpha value is -2.04. The Kier molecular flexibility index (Phi) is 6.32. The van der Waals surface area contributed by atoms with E-state index in [9.17, 15) is 9.59 Å². The fourth-order valence-electron chi connectivity index (χ4n) is 2.99. The predicted octanol–water partition coefficient (Wildman–Crippen LogP) is 3.89. The first-order valence-electron chi connectivity index (χ1n) is 9.51. The molecule has 1 aliphatic carbocycles. The van der Waals surface area contributed by atoms with Crippen LogP contribution in [0.25, 0.3) is 0 Å². The summed E-state index contributed by atoms with van der Waals surface area (Å²) >= 11 is 0. The van der Waals surface area contributed by atoms with E-state index in [1.807, 2.05) is 64.9 Å². The summed E-state index contributed by atoms with van der Waals surface area (Å²) in [5, 5.41) is 2.92. The van der Waals surface area contributed by atoms with Gasteiger partial charge in [0.15, 0.2) is 0 Å². The molecule has 0 heterocycles. The minimum atomic E-state index is -0.402. The van der Waals surface area contributed by atoms with E-state index in [0.717, 1.165) is 23.5 Å². The van der Waals surface area contributed by atoms with Crippen LogP contribution < -0.4 is 10.2 Å². The van der Waals surface area contributed by atoms with E-state index in [-0.39, 0.29) is 11.8 Å². The summed E-state index contributed by atoms with van der Waals surface area (Å²) in [5.41, 5.74) is 2.51. The summed E-state index contributed by atoms with van der Waals surface area (Å²) in [4.78, 5) is 28.8. The van der Waals surface area contributed by atoms with Gasteiger partial charge in [0, 0.05) is 50.4 Å². The van der Waals surface area contributed by atoms with Crippen molar-refractivity contribution >= 4 is 23.2 Å². The maximum Gasteiger partial charge on any atom is 0.228 e. The van der Waals surface area contributed by atoms with Crippen molar-refractivity contribution in [2.75, 3.05) is 30.9 Å². The second-order valence-electron chi connectivity index (χ2n) is 8.52. The molecule has 0 unspecified atom stereocenters. The molecule has 2 rings (SSSR count). The Labute approximate surface area is 157 Å². The number of nitrogens with one attached hydrogen (secondary N) is 1. The molecule has 1 aliphatic rings. The Bertz CT molecular complexity index is 658. The lowest BCUT2D eigenvalue weighted by molar-refractivity contribution is -0.140. The fourth-order valence-corrected chi connectivity index (χ4v) is 2.99. The van der Waals surface area contributed by atoms with Gasteiger partial charge in [-0.25, -0.2) is 0 Å². The van der Waals surface area contributed by atoms with E-state index in [0.29, 0.717) is 18.9 Å². The van der Waals surface area contributed by atoms with Crippen molar-refractivity contribution in [3.8, 4) is 0 Å². The molecule has 0 bridgehead atoms. The lowest BCUT2D eigenvalue weighted by Gasteiger charge is -2.31. The van der Waals surface area contributed by atoms with Gasteiger partial charge in [0.05, 0.1) is 0 Å². The van der Waals surface area contributed by atoms with Gasteiger partial charge >= 0.3 is 0 Å². The van der Waals surface area contributed by atoms with Crippen LogP contribution in [0.1, 0.15) is 52.5 Å². The van der Waals surface area contributed by atoms with Crippen molar-refractivity contribution in [3.63, 3.8) is 0 Å². The molecule has 26 heavy (non-hydrogen) atoms. The highest BCUT2D eigenvalue weighted by molar-refractivity contribution is 5.91. The van der Waals surface area contributed by atoms with Crippen LogP contribution in [0.2, 0.25) is 0 Å². The maximum atomic E-state index is 13.0. The van der Waals surface area contributed by atoms with Crippen LogP contribution >= 0.6 is 0 Å². The van der Waals surface area contributed by atoms with Gasteiger partial charge in [-0.3, -0.25) is 9.59 Å². The minimum Gasteiger partial charge on any atom is -0.377 e. The van der Waals surface area contributed by atoms with Crippen molar-refractivity contribution in [2.24, 2.45) is 11.3 Å². The van der Waals surface area contributed by atoms with Crippen LogP contribution in [0.5, 0.6) is 0 Å². The molecule has 5 nitrogen and oxygen atoms in total. The number of anilines is 2. The quantitative estimate of drug-likeness (QED) is 0.804. The van der Waals surface area contributed by atoms with Gasteiger partial charge < -0.3 is 15.1 Å². The molecular formula is C21H33N3O2. The third-order valence-corrected chi connectivity index (χ3v) is 4.63. The Morgan fingerprint density at radius 2 is 1.85 bits per heavy atom. The van der Waals surface area contributed by atoms with Gasteiger partial charge in [-0.05, 0) is 42.5 Å². The van der Waals surface area contributed by atoms with Crippen molar-refractivity contribution in [1.29, 1.82) is 0 Å². The number of carbonyl (C=O) groups excluding carboxylic acids is 2. The SMILES string of the molecule is CCC(=O)Nc1ccc(N(C)C)c(CN(CC2CC2)C(=O)C(C)(C)C)c1. The molecule has 0 atom stereocenters. The van der Waals surface area contributed by atoms with Crippen LogP contribution in [-0.4, -0.2) is 37.4 Å². The number of carbonyl (C=O) groups is 2. The van der Waals surface area contributed by atoms with E-state index in [2.05, 4.69) is 10.2 Å². The van der Waals surface area contributed by atoms with Crippen LogP contribution in [0, 0.1) is 11.3 Å². The fraction of sp³-hybridized carbons (Fsp3) is 0.619. The van der Waals surface area contributed by atoms with Gasteiger partial charge in [0.1, 0.15) is 0 Å². The molecule has 0 aliphatic heterocycles. The Morgan fingerprint density at radius 1 is 1.19 bits per heavy atom. The number of rotatable bonds is 7.